The number of aliphatic hydroxyl groups excluding tert-OH is 1. The zero-order valence-electron chi connectivity index (χ0n) is 12.0. The Labute approximate surface area is 127 Å². The highest BCUT2D eigenvalue weighted by atomic mass is 32.1. The molecule has 2 aromatic rings. The van der Waals surface area contributed by atoms with Crippen LogP contribution in [0.4, 0.5) is 0 Å². The van der Waals surface area contributed by atoms with E-state index in [0.717, 1.165) is 21.9 Å². The Morgan fingerprint density at radius 3 is 2.57 bits per heavy atom. The molecule has 4 nitrogen and oxygen atoms in total. The highest BCUT2D eigenvalue weighted by Gasteiger charge is 2.06. The maximum absolute atomic E-state index is 11.7. The molecule has 0 aliphatic heterocycles. The summed E-state index contributed by atoms with van der Waals surface area (Å²) < 4.78 is 7.37. The van der Waals surface area contributed by atoms with E-state index in [1.165, 1.54) is 11.3 Å². The third-order valence-corrected chi connectivity index (χ3v) is 4.12. The van der Waals surface area contributed by atoms with Crippen LogP contribution in [0.2, 0.25) is 0 Å². The second-order valence-electron chi connectivity index (χ2n) is 4.49. The first-order chi connectivity index (χ1) is 10.1. The fraction of sp³-hybridized carbons (Fsp3) is 0.312. The Morgan fingerprint density at radius 2 is 2.00 bits per heavy atom. The van der Waals surface area contributed by atoms with Crippen molar-refractivity contribution >= 4 is 11.3 Å². The first-order valence-electron chi connectivity index (χ1n) is 6.61. The van der Waals surface area contributed by atoms with Gasteiger partial charge in [-0.2, -0.15) is 0 Å². The summed E-state index contributed by atoms with van der Waals surface area (Å²) in [5.74, 6) is 6.15. The van der Waals surface area contributed by atoms with Crippen molar-refractivity contribution in [3.63, 3.8) is 0 Å². The number of nitrogens with zero attached hydrogens (tertiary/aromatic N) is 1. The molecule has 0 aliphatic rings. The number of aromatic nitrogens is 1. The van der Waals surface area contributed by atoms with Crippen molar-refractivity contribution in [2.24, 2.45) is 0 Å². The molecule has 1 aromatic heterocycles. The van der Waals surface area contributed by atoms with E-state index in [-0.39, 0.29) is 11.5 Å². The number of hydrogen-bond donors (Lipinski definition) is 1. The SMILES string of the molecule is Cc1sc(=O)n(CCOc2ccc(C#CCO)cc2)c1C. The van der Waals surface area contributed by atoms with Gasteiger partial charge in [-0.1, -0.05) is 23.2 Å². The lowest BCUT2D eigenvalue weighted by molar-refractivity contribution is 0.296. The van der Waals surface area contributed by atoms with Gasteiger partial charge in [0.25, 0.3) is 0 Å². The summed E-state index contributed by atoms with van der Waals surface area (Å²) in [6, 6.07) is 7.33. The molecule has 110 valence electrons. The molecule has 5 heteroatoms. The van der Waals surface area contributed by atoms with E-state index < -0.39 is 0 Å². The predicted molar refractivity (Wildman–Crippen MR) is 84.0 cm³/mol. The number of thiazole rings is 1. The molecule has 0 atom stereocenters. The van der Waals surface area contributed by atoms with Crippen molar-refractivity contribution in [2.75, 3.05) is 13.2 Å². The maximum Gasteiger partial charge on any atom is 0.307 e. The Morgan fingerprint density at radius 1 is 1.29 bits per heavy atom. The van der Waals surface area contributed by atoms with Gasteiger partial charge >= 0.3 is 4.87 Å². The summed E-state index contributed by atoms with van der Waals surface area (Å²) in [4.78, 5) is 12.8. The molecule has 0 radical (unpaired) electrons. The first kappa shape index (κ1) is 15.4. The second-order valence-corrected chi connectivity index (χ2v) is 5.66. The highest BCUT2D eigenvalue weighted by Crippen LogP contribution is 2.13. The molecular formula is C16H17NO3S. The number of rotatable bonds is 4. The zero-order valence-corrected chi connectivity index (χ0v) is 12.9. The molecule has 0 bridgehead atoms. The monoisotopic (exact) mass is 303 g/mol. The minimum atomic E-state index is -0.146. The lowest BCUT2D eigenvalue weighted by Crippen LogP contribution is -2.19. The van der Waals surface area contributed by atoms with E-state index in [4.69, 9.17) is 9.84 Å². The summed E-state index contributed by atoms with van der Waals surface area (Å²) in [7, 11) is 0. The van der Waals surface area contributed by atoms with Crippen molar-refractivity contribution in [2.45, 2.75) is 20.4 Å². The topological polar surface area (TPSA) is 51.5 Å². The van der Waals surface area contributed by atoms with Crippen molar-refractivity contribution in [3.05, 3.63) is 50.1 Å². The average Bonchev–Trinajstić information content (AvgIpc) is 2.72. The van der Waals surface area contributed by atoms with E-state index in [0.29, 0.717) is 13.2 Å². The van der Waals surface area contributed by atoms with Crippen LogP contribution in [0.15, 0.2) is 29.1 Å². The summed E-state index contributed by atoms with van der Waals surface area (Å²) in [6.07, 6.45) is 0. The van der Waals surface area contributed by atoms with Crippen LogP contribution in [-0.4, -0.2) is 22.9 Å². The molecule has 0 spiro atoms. The van der Waals surface area contributed by atoms with Crippen molar-refractivity contribution in [1.82, 2.24) is 4.57 Å². The van der Waals surface area contributed by atoms with Crippen LogP contribution in [0.5, 0.6) is 5.75 Å². The normalized spacial score (nSPS) is 10.0. The fourth-order valence-corrected chi connectivity index (χ4v) is 2.74. The standard InChI is InChI=1S/C16H17NO3S/c1-12-13(2)21-16(19)17(12)9-11-20-15-7-5-14(6-8-15)4-3-10-18/h5-8,18H,9-11H2,1-2H3. The summed E-state index contributed by atoms with van der Waals surface area (Å²) in [5.41, 5.74) is 1.83. The molecule has 1 N–H and O–H groups in total. The van der Waals surface area contributed by atoms with E-state index in [1.807, 2.05) is 38.1 Å². The van der Waals surface area contributed by atoms with Gasteiger partial charge in [-0.15, -0.1) is 0 Å². The lowest BCUT2D eigenvalue weighted by Gasteiger charge is -2.08. The Bertz CT molecular complexity index is 717. The average molecular weight is 303 g/mol. The van der Waals surface area contributed by atoms with Gasteiger partial charge in [0.1, 0.15) is 19.0 Å². The summed E-state index contributed by atoms with van der Waals surface area (Å²) >= 11 is 1.27. The highest BCUT2D eigenvalue weighted by molar-refractivity contribution is 7.09. The van der Waals surface area contributed by atoms with Gasteiger partial charge in [0.05, 0.1) is 6.54 Å². The van der Waals surface area contributed by atoms with Gasteiger partial charge in [-0.3, -0.25) is 9.36 Å². The van der Waals surface area contributed by atoms with Crippen molar-refractivity contribution < 1.29 is 9.84 Å². The number of benzene rings is 1. The van der Waals surface area contributed by atoms with Gasteiger partial charge in [-0.05, 0) is 38.1 Å². The molecule has 0 aliphatic carbocycles. The van der Waals surface area contributed by atoms with Crippen LogP contribution in [0.25, 0.3) is 0 Å². The Balaban J connectivity index is 1.93. The minimum absolute atomic E-state index is 0.0585. The third-order valence-electron chi connectivity index (χ3n) is 3.12. The first-order valence-corrected chi connectivity index (χ1v) is 7.43. The van der Waals surface area contributed by atoms with Crippen molar-refractivity contribution in [3.8, 4) is 17.6 Å². The molecule has 0 amide bonds. The summed E-state index contributed by atoms with van der Waals surface area (Å²) in [5, 5.41) is 8.63. The van der Waals surface area contributed by atoms with Crippen LogP contribution in [0.1, 0.15) is 16.1 Å². The Kier molecular flexibility index (Phi) is 5.20. The van der Waals surface area contributed by atoms with Crippen LogP contribution < -0.4 is 9.61 Å². The molecule has 0 unspecified atom stereocenters. The second kappa shape index (κ2) is 7.11. The summed E-state index contributed by atoms with van der Waals surface area (Å²) in [6.45, 7) is 4.73. The van der Waals surface area contributed by atoms with E-state index in [2.05, 4.69) is 11.8 Å². The number of ether oxygens (including phenoxy) is 1. The van der Waals surface area contributed by atoms with E-state index in [9.17, 15) is 4.79 Å². The molecular weight excluding hydrogens is 286 g/mol. The molecule has 0 saturated heterocycles. The zero-order chi connectivity index (χ0) is 15.2. The molecule has 1 heterocycles. The van der Waals surface area contributed by atoms with Gasteiger partial charge in [0, 0.05) is 16.1 Å². The smallest absolute Gasteiger partial charge is 0.307 e. The molecule has 1 aromatic carbocycles. The van der Waals surface area contributed by atoms with Crippen LogP contribution in [0.3, 0.4) is 0 Å². The van der Waals surface area contributed by atoms with Crippen LogP contribution >= 0.6 is 11.3 Å². The molecule has 21 heavy (non-hydrogen) atoms. The maximum atomic E-state index is 11.7. The number of aryl methyl sites for hydroxylation is 1. The van der Waals surface area contributed by atoms with E-state index in [1.54, 1.807) is 4.57 Å². The minimum Gasteiger partial charge on any atom is -0.492 e. The molecule has 2 rings (SSSR count). The van der Waals surface area contributed by atoms with Crippen LogP contribution in [0, 0.1) is 25.7 Å². The van der Waals surface area contributed by atoms with Gasteiger partial charge in [0.2, 0.25) is 0 Å². The number of aliphatic hydroxyl groups is 1. The van der Waals surface area contributed by atoms with Crippen LogP contribution in [-0.2, 0) is 6.54 Å². The fourth-order valence-electron chi connectivity index (χ4n) is 1.88. The van der Waals surface area contributed by atoms with Gasteiger partial charge < -0.3 is 9.84 Å². The third kappa shape index (κ3) is 3.97. The quantitative estimate of drug-likeness (QED) is 0.878. The van der Waals surface area contributed by atoms with E-state index >= 15 is 0 Å². The van der Waals surface area contributed by atoms with Crippen molar-refractivity contribution in [1.29, 1.82) is 0 Å². The van der Waals surface area contributed by atoms with Gasteiger partial charge in [-0.25, -0.2) is 0 Å². The predicted octanol–water partition coefficient (Wildman–Crippen LogP) is 1.95. The largest absolute Gasteiger partial charge is 0.492 e. The Hall–Kier alpha value is -2.03. The lowest BCUT2D eigenvalue weighted by atomic mass is 10.2. The molecule has 0 fully saturated rings. The molecule has 0 saturated carbocycles. The number of hydrogen-bond acceptors (Lipinski definition) is 4. The van der Waals surface area contributed by atoms with Gasteiger partial charge in [0.15, 0.2) is 0 Å².